The Bertz CT molecular complexity index is 411. The van der Waals surface area contributed by atoms with Gasteiger partial charge in [-0.1, -0.05) is 0 Å². The van der Waals surface area contributed by atoms with Crippen LogP contribution in [0.2, 0.25) is 5.28 Å². The summed E-state index contributed by atoms with van der Waals surface area (Å²) in [6.45, 7) is 1.50. The highest BCUT2D eigenvalue weighted by Gasteiger charge is 2.29. The van der Waals surface area contributed by atoms with Crippen molar-refractivity contribution < 1.29 is 9.84 Å². The Kier molecular flexibility index (Phi) is 4.15. The Morgan fingerprint density at radius 2 is 1.94 bits per heavy atom. The molecule has 1 aliphatic rings. The van der Waals surface area contributed by atoms with Crippen LogP contribution < -0.4 is 10.6 Å². The third-order valence-electron chi connectivity index (χ3n) is 2.83. The van der Waals surface area contributed by atoms with Crippen molar-refractivity contribution in [1.82, 2.24) is 15.0 Å². The molecule has 1 aromatic heterocycles. The molecule has 1 saturated heterocycles. The number of aliphatic hydroxyl groups is 1. The lowest BCUT2D eigenvalue weighted by Crippen LogP contribution is -2.42. The molecule has 8 heteroatoms. The lowest BCUT2D eigenvalue weighted by Gasteiger charge is -2.32. The summed E-state index contributed by atoms with van der Waals surface area (Å²) in [7, 11) is 1.70. The highest BCUT2D eigenvalue weighted by atomic mass is 35.5. The number of nitrogens with one attached hydrogen (secondary N) is 2. The zero-order valence-electron chi connectivity index (χ0n) is 10.1. The van der Waals surface area contributed by atoms with E-state index in [1.54, 1.807) is 7.05 Å². The Hall–Kier alpha value is -1.18. The zero-order valence-corrected chi connectivity index (χ0v) is 10.9. The molecule has 0 aromatic carbocycles. The van der Waals surface area contributed by atoms with Crippen LogP contribution in [-0.2, 0) is 4.74 Å². The van der Waals surface area contributed by atoms with Gasteiger partial charge in [0.1, 0.15) is 0 Å². The number of nitrogens with zero attached hydrogens (tertiary/aromatic N) is 3. The number of rotatable bonds is 4. The molecule has 100 valence electrons. The molecule has 1 aromatic rings. The summed E-state index contributed by atoms with van der Waals surface area (Å²) in [5.74, 6) is 0.732. The first-order chi connectivity index (χ1) is 8.61. The lowest BCUT2D eigenvalue weighted by molar-refractivity contribution is -0.0544. The Morgan fingerprint density at radius 1 is 1.28 bits per heavy atom. The minimum atomic E-state index is -0.781. The lowest BCUT2D eigenvalue weighted by atomic mass is 9.94. The third kappa shape index (κ3) is 3.41. The van der Waals surface area contributed by atoms with Gasteiger partial charge in [-0.3, -0.25) is 0 Å². The molecule has 1 aliphatic heterocycles. The van der Waals surface area contributed by atoms with Crippen LogP contribution >= 0.6 is 11.6 Å². The summed E-state index contributed by atoms with van der Waals surface area (Å²) >= 11 is 5.76. The van der Waals surface area contributed by atoms with E-state index in [1.807, 2.05) is 0 Å². The van der Waals surface area contributed by atoms with Crippen molar-refractivity contribution in [2.75, 3.05) is 37.4 Å². The van der Waals surface area contributed by atoms with Gasteiger partial charge >= 0.3 is 0 Å². The van der Waals surface area contributed by atoms with Crippen LogP contribution in [0, 0.1) is 0 Å². The van der Waals surface area contributed by atoms with Crippen LogP contribution in [-0.4, -0.2) is 52.5 Å². The number of hydrogen-bond donors (Lipinski definition) is 3. The van der Waals surface area contributed by atoms with Crippen LogP contribution in [0.15, 0.2) is 0 Å². The van der Waals surface area contributed by atoms with Crippen molar-refractivity contribution in [2.45, 2.75) is 18.4 Å². The number of aromatic nitrogens is 3. The topological polar surface area (TPSA) is 92.2 Å². The summed E-state index contributed by atoms with van der Waals surface area (Å²) in [4.78, 5) is 11.9. The van der Waals surface area contributed by atoms with E-state index in [0.717, 1.165) is 0 Å². The molecule has 0 atom stereocenters. The van der Waals surface area contributed by atoms with Gasteiger partial charge in [-0.25, -0.2) is 0 Å². The van der Waals surface area contributed by atoms with Crippen molar-refractivity contribution in [3.63, 3.8) is 0 Å². The molecule has 0 spiro atoms. The fraction of sp³-hybridized carbons (Fsp3) is 0.700. The molecule has 0 bridgehead atoms. The molecule has 7 nitrogen and oxygen atoms in total. The summed E-state index contributed by atoms with van der Waals surface area (Å²) in [5.41, 5.74) is -0.781. The molecule has 0 radical (unpaired) electrons. The molecule has 0 aliphatic carbocycles. The third-order valence-corrected chi connectivity index (χ3v) is 3.00. The van der Waals surface area contributed by atoms with E-state index in [0.29, 0.717) is 44.5 Å². The SMILES string of the molecule is CNc1nc(Cl)nc(NCC2(O)CCOCC2)n1. The molecule has 0 amide bonds. The van der Waals surface area contributed by atoms with Crippen LogP contribution in [0.25, 0.3) is 0 Å². The van der Waals surface area contributed by atoms with E-state index >= 15 is 0 Å². The van der Waals surface area contributed by atoms with Crippen LogP contribution in [0.3, 0.4) is 0 Å². The molecule has 1 fully saturated rings. The highest BCUT2D eigenvalue weighted by Crippen LogP contribution is 2.20. The van der Waals surface area contributed by atoms with Crippen LogP contribution in [0.4, 0.5) is 11.9 Å². The first-order valence-electron chi connectivity index (χ1n) is 5.75. The average Bonchev–Trinajstić information content (AvgIpc) is 2.37. The van der Waals surface area contributed by atoms with Gasteiger partial charge in [0.25, 0.3) is 0 Å². The second kappa shape index (κ2) is 5.64. The zero-order chi connectivity index (χ0) is 13.0. The molecule has 0 unspecified atom stereocenters. The standard InChI is InChI=1S/C10H16ClN5O2/c1-12-8-14-7(11)15-9(16-8)13-6-10(17)2-4-18-5-3-10/h17H,2-6H2,1H3,(H2,12,13,14,15,16). The second-order valence-corrected chi connectivity index (χ2v) is 4.53. The largest absolute Gasteiger partial charge is 0.388 e. The normalized spacial score (nSPS) is 18.4. The molecule has 18 heavy (non-hydrogen) atoms. The second-order valence-electron chi connectivity index (χ2n) is 4.19. The monoisotopic (exact) mass is 273 g/mol. The van der Waals surface area contributed by atoms with E-state index in [9.17, 15) is 5.11 Å². The highest BCUT2D eigenvalue weighted by molar-refractivity contribution is 6.28. The van der Waals surface area contributed by atoms with E-state index in [4.69, 9.17) is 16.3 Å². The smallest absolute Gasteiger partial charge is 0.228 e. The summed E-state index contributed by atoms with van der Waals surface area (Å²) < 4.78 is 5.21. The number of halogens is 1. The van der Waals surface area contributed by atoms with Gasteiger partial charge in [0, 0.05) is 39.6 Å². The minimum absolute atomic E-state index is 0.107. The van der Waals surface area contributed by atoms with Crippen molar-refractivity contribution in [1.29, 1.82) is 0 Å². The van der Waals surface area contributed by atoms with Crippen molar-refractivity contribution >= 4 is 23.5 Å². The molecule has 3 N–H and O–H groups in total. The van der Waals surface area contributed by atoms with E-state index in [-0.39, 0.29) is 5.28 Å². The van der Waals surface area contributed by atoms with Gasteiger partial charge < -0.3 is 20.5 Å². The van der Waals surface area contributed by atoms with Crippen LogP contribution in [0.1, 0.15) is 12.8 Å². The maximum atomic E-state index is 10.3. The van der Waals surface area contributed by atoms with E-state index in [2.05, 4.69) is 25.6 Å². The number of anilines is 2. The average molecular weight is 274 g/mol. The minimum Gasteiger partial charge on any atom is -0.388 e. The van der Waals surface area contributed by atoms with Gasteiger partial charge in [-0.15, -0.1) is 0 Å². The molecule has 2 rings (SSSR count). The van der Waals surface area contributed by atoms with Gasteiger partial charge in [-0.05, 0) is 11.6 Å². The van der Waals surface area contributed by atoms with Crippen molar-refractivity contribution in [3.05, 3.63) is 5.28 Å². The maximum absolute atomic E-state index is 10.3. The van der Waals surface area contributed by atoms with E-state index < -0.39 is 5.60 Å². The molecular weight excluding hydrogens is 258 g/mol. The number of ether oxygens (including phenoxy) is 1. The summed E-state index contributed by atoms with van der Waals surface area (Å²) in [6.07, 6.45) is 1.19. The van der Waals surface area contributed by atoms with Gasteiger partial charge in [-0.2, -0.15) is 15.0 Å². The predicted molar refractivity (Wildman–Crippen MR) is 67.9 cm³/mol. The van der Waals surface area contributed by atoms with Gasteiger partial charge in [0.05, 0.1) is 5.60 Å². The summed E-state index contributed by atoms with van der Waals surface area (Å²) in [5, 5.41) is 16.1. The van der Waals surface area contributed by atoms with Gasteiger partial charge in [0.2, 0.25) is 17.2 Å². The van der Waals surface area contributed by atoms with Crippen molar-refractivity contribution in [2.24, 2.45) is 0 Å². The molecule has 0 saturated carbocycles. The fourth-order valence-corrected chi connectivity index (χ4v) is 1.87. The molecular formula is C10H16ClN5O2. The Labute approximate surface area is 110 Å². The van der Waals surface area contributed by atoms with Crippen LogP contribution in [0.5, 0.6) is 0 Å². The predicted octanol–water partition coefficient (Wildman–Crippen LogP) is 0.520. The van der Waals surface area contributed by atoms with Gasteiger partial charge in [0.15, 0.2) is 0 Å². The summed E-state index contributed by atoms with van der Waals surface area (Å²) in [6, 6.07) is 0. The Morgan fingerprint density at radius 3 is 2.61 bits per heavy atom. The van der Waals surface area contributed by atoms with Crippen molar-refractivity contribution in [3.8, 4) is 0 Å². The quantitative estimate of drug-likeness (QED) is 0.736. The first kappa shape index (κ1) is 13.3. The van der Waals surface area contributed by atoms with E-state index in [1.165, 1.54) is 0 Å². The number of hydrogen-bond acceptors (Lipinski definition) is 7. The maximum Gasteiger partial charge on any atom is 0.228 e. The first-order valence-corrected chi connectivity index (χ1v) is 6.12. The Balaban J connectivity index is 1.98. The fourth-order valence-electron chi connectivity index (χ4n) is 1.71. The molecule has 2 heterocycles.